The second kappa shape index (κ2) is 6.44. The molecule has 0 aliphatic rings. The number of benzene rings is 1. The summed E-state index contributed by atoms with van der Waals surface area (Å²) >= 11 is 1.37. The number of fused-ring (bicyclic) bond motifs is 1. The molecule has 22 heavy (non-hydrogen) atoms. The molecule has 1 N–H and O–H groups in total. The molecule has 0 saturated heterocycles. The van der Waals surface area contributed by atoms with Gasteiger partial charge in [0.25, 0.3) is 0 Å². The fourth-order valence-electron chi connectivity index (χ4n) is 1.92. The molecule has 1 atom stereocenters. The highest BCUT2D eigenvalue weighted by molar-refractivity contribution is 7.20. The number of alkyl carbamates (subject to hydrolysis) is 1. The van der Waals surface area contributed by atoms with E-state index < -0.39 is 11.7 Å². The van der Waals surface area contributed by atoms with Crippen LogP contribution in [0.4, 0.5) is 4.79 Å². The summed E-state index contributed by atoms with van der Waals surface area (Å²) in [5, 5.41) is 3.14. The molecule has 1 heterocycles. The number of rotatable bonds is 4. The summed E-state index contributed by atoms with van der Waals surface area (Å²) < 4.78 is 6.15. The number of Topliss-reactive ketones (excluding diaryl/α,β-unsaturated/α-hetero) is 1. The van der Waals surface area contributed by atoms with Crippen LogP contribution in [0.15, 0.2) is 24.3 Å². The molecule has 0 bridgehead atoms. The van der Waals surface area contributed by atoms with Crippen molar-refractivity contribution in [1.29, 1.82) is 0 Å². The summed E-state index contributed by atoms with van der Waals surface area (Å²) in [7, 11) is 0. The predicted molar refractivity (Wildman–Crippen MR) is 87.4 cm³/mol. The van der Waals surface area contributed by atoms with Crippen molar-refractivity contribution in [3.05, 3.63) is 29.3 Å². The van der Waals surface area contributed by atoms with E-state index in [1.807, 2.05) is 24.3 Å². The lowest BCUT2D eigenvalue weighted by molar-refractivity contribution is 0.0506. The zero-order chi connectivity index (χ0) is 16.3. The van der Waals surface area contributed by atoms with Gasteiger partial charge in [0.05, 0.1) is 10.2 Å². The van der Waals surface area contributed by atoms with E-state index in [2.05, 4.69) is 10.3 Å². The molecule has 6 heteroatoms. The maximum Gasteiger partial charge on any atom is 0.407 e. The monoisotopic (exact) mass is 320 g/mol. The molecule has 118 valence electrons. The van der Waals surface area contributed by atoms with Gasteiger partial charge in [0, 0.05) is 12.5 Å². The van der Waals surface area contributed by atoms with Crippen molar-refractivity contribution in [2.75, 3.05) is 0 Å². The van der Waals surface area contributed by atoms with E-state index in [0.29, 0.717) is 5.01 Å². The van der Waals surface area contributed by atoms with Crippen molar-refractivity contribution >= 4 is 33.4 Å². The minimum Gasteiger partial charge on any atom is -0.444 e. The summed E-state index contributed by atoms with van der Waals surface area (Å²) in [5.41, 5.74) is 0.268. The summed E-state index contributed by atoms with van der Waals surface area (Å²) in [6, 6.07) is 7.32. The Morgan fingerprint density at radius 2 is 2.00 bits per heavy atom. The van der Waals surface area contributed by atoms with E-state index in [1.54, 1.807) is 27.7 Å². The van der Waals surface area contributed by atoms with Gasteiger partial charge in [-0.25, -0.2) is 9.78 Å². The highest BCUT2D eigenvalue weighted by atomic mass is 32.1. The molecule has 1 aromatic heterocycles. The molecule has 5 nitrogen and oxygen atoms in total. The lowest BCUT2D eigenvalue weighted by atomic mass is 10.1. The van der Waals surface area contributed by atoms with Crippen molar-refractivity contribution in [3.8, 4) is 0 Å². The number of carbonyl (C=O) groups is 2. The molecule has 0 radical (unpaired) electrons. The van der Waals surface area contributed by atoms with Crippen LogP contribution in [0.2, 0.25) is 0 Å². The molecule has 1 aromatic carbocycles. The summed E-state index contributed by atoms with van der Waals surface area (Å²) in [6.07, 6.45) is -0.323. The standard InChI is InChI=1S/C16H20N2O3S/c1-10(17-15(20)21-16(2,3)4)9-12(19)14-18-11-7-5-6-8-13(11)22-14/h5-8,10H,9H2,1-4H3,(H,17,20). The van der Waals surface area contributed by atoms with Crippen LogP contribution in [0.3, 0.4) is 0 Å². The summed E-state index contributed by atoms with van der Waals surface area (Å²) in [5.74, 6) is -0.0789. The number of ketones is 1. The van der Waals surface area contributed by atoms with Crippen LogP contribution < -0.4 is 5.32 Å². The van der Waals surface area contributed by atoms with Crippen LogP contribution >= 0.6 is 11.3 Å². The van der Waals surface area contributed by atoms with Gasteiger partial charge in [0.1, 0.15) is 5.60 Å². The van der Waals surface area contributed by atoms with Gasteiger partial charge in [0.2, 0.25) is 0 Å². The zero-order valence-corrected chi connectivity index (χ0v) is 14.0. The molecule has 1 amide bonds. The number of nitrogens with one attached hydrogen (secondary N) is 1. The van der Waals surface area contributed by atoms with Crippen molar-refractivity contribution < 1.29 is 14.3 Å². The van der Waals surface area contributed by atoms with Crippen LogP contribution in [0, 0.1) is 0 Å². The normalized spacial score (nSPS) is 12.9. The lowest BCUT2D eigenvalue weighted by Gasteiger charge is -2.21. The Kier molecular flexibility index (Phi) is 4.81. The molecule has 0 aliphatic carbocycles. The molecule has 0 fully saturated rings. The maximum absolute atomic E-state index is 12.2. The van der Waals surface area contributed by atoms with Gasteiger partial charge in [-0.1, -0.05) is 12.1 Å². The fraction of sp³-hybridized carbons (Fsp3) is 0.438. The Morgan fingerprint density at radius 1 is 1.32 bits per heavy atom. The number of hydrogen-bond donors (Lipinski definition) is 1. The first kappa shape index (κ1) is 16.4. The van der Waals surface area contributed by atoms with Gasteiger partial charge in [0.15, 0.2) is 10.8 Å². The number of thiazole rings is 1. The molecule has 0 aliphatic heterocycles. The average molecular weight is 320 g/mol. The third-order valence-corrected chi connectivity index (χ3v) is 3.86. The number of para-hydroxylation sites is 1. The van der Waals surface area contributed by atoms with Crippen LogP contribution in [0.25, 0.3) is 10.2 Å². The van der Waals surface area contributed by atoms with Crippen molar-refractivity contribution in [3.63, 3.8) is 0 Å². The predicted octanol–water partition coefficient (Wildman–Crippen LogP) is 3.78. The van der Waals surface area contributed by atoms with Crippen LogP contribution in [-0.2, 0) is 4.74 Å². The Bertz CT molecular complexity index is 655. The third kappa shape index (κ3) is 4.53. The molecule has 2 aromatic rings. The number of hydrogen-bond acceptors (Lipinski definition) is 5. The van der Waals surface area contributed by atoms with Gasteiger partial charge in [-0.15, -0.1) is 11.3 Å². The average Bonchev–Trinajstić information content (AvgIpc) is 2.79. The van der Waals surface area contributed by atoms with Crippen LogP contribution in [0.5, 0.6) is 0 Å². The first-order valence-corrected chi connectivity index (χ1v) is 7.94. The molecule has 1 unspecified atom stereocenters. The van der Waals surface area contributed by atoms with Gasteiger partial charge < -0.3 is 10.1 Å². The quantitative estimate of drug-likeness (QED) is 0.870. The van der Waals surface area contributed by atoms with Gasteiger partial charge >= 0.3 is 6.09 Å². The Morgan fingerprint density at radius 3 is 2.64 bits per heavy atom. The van der Waals surface area contributed by atoms with Crippen LogP contribution in [0.1, 0.15) is 43.9 Å². The topological polar surface area (TPSA) is 68.3 Å². The second-order valence-corrected chi connectivity index (χ2v) is 7.19. The molecular formula is C16H20N2O3S. The van der Waals surface area contributed by atoms with E-state index in [0.717, 1.165) is 10.2 Å². The van der Waals surface area contributed by atoms with Crippen molar-refractivity contribution in [1.82, 2.24) is 10.3 Å². The SMILES string of the molecule is CC(CC(=O)c1nc2ccccc2s1)NC(=O)OC(C)(C)C. The minimum absolute atomic E-state index is 0.0789. The molecule has 2 rings (SSSR count). The third-order valence-electron chi connectivity index (χ3n) is 2.79. The first-order chi connectivity index (χ1) is 10.2. The fourth-order valence-corrected chi connectivity index (χ4v) is 2.83. The maximum atomic E-state index is 12.2. The summed E-state index contributed by atoms with van der Waals surface area (Å²) in [4.78, 5) is 28.2. The number of nitrogens with zero attached hydrogens (tertiary/aromatic N) is 1. The lowest BCUT2D eigenvalue weighted by Crippen LogP contribution is -2.38. The second-order valence-electron chi connectivity index (χ2n) is 6.16. The number of carbonyl (C=O) groups excluding carboxylic acids is 2. The number of aromatic nitrogens is 1. The largest absolute Gasteiger partial charge is 0.444 e. The van der Waals surface area contributed by atoms with Gasteiger partial charge in [-0.05, 0) is 39.8 Å². The minimum atomic E-state index is -0.555. The highest BCUT2D eigenvalue weighted by Crippen LogP contribution is 2.22. The number of amides is 1. The van der Waals surface area contributed by atoms with E-state index in [4.69, 9.17) is 4.74 Å². The van der Waals surface area contributed by atoms with E-state index in [-0.39, 0.29) is 18.2 Å². The summed E-state index contributed by atoms with van der Waals surface area (Å²) in [6.45, 7) is 7.16. The Balaban J connectivity index is 1.95. The van der Waals surface area contributed by atoms with E-state index >= 15 is 0 Å². The molecule has 0 spiro atoms. The Labute approximate surface area is 133 Å². The van der Waals surface area contributed by atoms with Crippen molar-refractivity contribution in [2.24, 2.45) is 0 Å². The first-order valence-electron chi connectivity index (χ1n) is 7.13. The van der Waals surface area contributed by atoms with Gasteiger partial charge in [-0.2, -0.15) is 0 Å². The number of ether oxygens (including phenoxy) is 1. The molecular weight excluding hydrogens is 300 g/mol. The smallest absolute Gasteiger partial charge is 0.407 e. The Hall–Kier alpha value is -1.95. The van der Waals surface area contributed by atoms with E-state index in [9.17, 15) is 9.59 Å². The van der Waals surface area contributed by atoms with E-state index in [1.165, 1.54) is 11.3 Å². The highest BCUT2D eigenvalue weighted by Gasteiger charge is 2.20. The molecule has 0 saturated carbocycles. The van der Waals surface area contributed by atoms with Crippen LogP contribution in [-0.4, -0.2) is 28.5 Å². The zero-order valence-electron chi connectivity index (χ0n) is 13.2. The van der Waals surface area contributed by atoms with Crippen molar-refractivity contribution in [2.45, 2.75) is 45.8 Å². The van der Waals surface area contributed by atoms with Gasteiger partial charge in [-0.3, -0.25) is 4.79 Å².